The van der Waals surface area contributed by atoms with Crippen molar-refractivity contribution in [2.24, 2.45) is 5.92 Å². The van der Waals surface area contributed by atoms with E-state index >= 15 is 0 Å². The van der Waals surface area contributed by atoms with Crippen LogP contribution in [0.4, 0.5) is 0 Å². The largest absolute Gasteiger partial charge is 0.298 e. The molecule has 0 spiro atoms. The summed E-state index contributed by atoms with van der Waals surface area (Å²) in [6, 6.07) is 4.25. The van der Waals surface area contributed by atoms with E-state index in [4.69, 9.17) is 0 Å². The summed E-state index contributed by atoms with van der Waals surface area (Å²) >= 11 is 1.77. The molecular weight excluding hydrogens is 216 g/mol. The first kappa shape index (κ1) is 13.2. The van der Waals surface area contributed by atoms with Crippen LogP contribution in [0.2, 0.25) is 0 Å². The second kappa shape index (κ2) is 4.96. The van der Waals surface area contributed by atoms with Crippen molar-refractivity contribution in [1.29, 1.82) is 0 Å². The first-order valence-electron chi connectivity index (χ1n) is 5.61. The Bertz CT molecular complexity index is 391. The fraction of sp³-hybridized carbons (Fsp3) is 0.500. The van der Waals surface area contributed by atoms with E-state index in [0.717, 1.165) is 11.9 Å². The third-order valence-electron chi connectivity index (χ3n) is 2.48. The zero-order valence-electron chi connectivity index (χ0n) is 10.7. The molecular formula is C14H20OS. The average Bonchev–Trinajstić information content (AvgIpc) is 2.61. The third-order valence-corrected chi connectivity index (χ3v) is 3.94. The van der Waals surface area contributed by atoms with Crippen molar-refractivity contribution in [2.75, 3.05) is 0 Å². The Morgan fingerprint density at radius 3 is 2.31 bits per heavy atom. The Morgan fingerprint density at radius 1 is 1.31 bits per heavy atom. The molecule has 88 valence electrons. The van der Waals surface area contributed by atoms with Crippen LogP contribution >= 0.6 is 11.3 Å². The Labute approximate surface area is 102 Å². The van der Waals surface area contributed by atoms with Crippen molar-refractivity contribution in [3.63, 3.8) is 0 Å². The minimum atomic E-state index is 0.190. The summed E-state index contributed by atoms with van der Waals surface area (Å²) in [5, 5.41) is 0. The van der Waals surface area contributed by atoms with E-state index in [1.165, 1.54) is 9.75 Å². The number of aldehydes is 1. The minimum absolute atomic E-state index is 0.190. The lowest BCUT2D eigenvalue weighted by Crippen LogP contribution is -2.07. The summed E-state index contributed by atoms with van der Waals surface area (Å²) in [5.41, 5.74) is 1.05. The molecule has 1 nitrogen and oxygen atoms in total. The monoisotopic (exact) mass is 236 g/mol. The molecule has 1 rings (SSSR count). The van der Waals surface area contributed by atoms with E-state index in [1.54, 1.807) is 11.3 Å². The van der Waals surface area contributed by atoms with Gasteiger partial charge in [0.05, 0.1) is 0 Å². The van der Waals surface area contributed by atoms with E-state index in [2.05, 4.69) is 32.9 Å². The van der Waals surface area contributed by atoms with Gasteiger partial charge in [0.1, 0.15) is 6.29 Å². The molecule has 0 fully saturated rings. The van der Waals surface area contributed by atoms with E-state index < -0.39 is 0 Å². The minimum Gasteiger partial charge on any atom is -0.298 e. The zero-order chi connectivity index (χ0) is 12.3. The molecule has 0 radical (unpaired) electrons. The molecule has 1 aromatic rings. The van der Waals surface area contributed by atoms with Gasteiger partial charge in [-0.25, -0.2) is 0 Å². The van der Waals surface area contributed by atoms with Gasteiger partial charge in [-0.3, -0.25) is 4.79 Å². The van der Waals surface area contributed by atoms with Gasteiger partial charge in [0.15, 0.2) is 0 Å². The molecule has 16 heavy (non-hydrogen) atoms. The number of carbonyl (C=O) groups is 1. The van der Waals surface area contributed by atoms with Gasteiger partial charge >= 0.3 is 0 Å². The second-order valence-electron chi connectivity index (χ2n) is 5.37. The van der Waals surface area contributed by atoms with Crippen molar-refractivity contribution in [3.8, 4) is 0 Å². The summed E-state index contributed by atoms with van der Waals surface area (Å²) < 4.78 is 0. The Morgan fingerprint density at radius 2 is 1.94 bits per heavy atom. The van der Waals surface area contributed by atoms with Crippen LogP contribution in [0.1, 0.15) is 44.4 Å². The fourth-order valence-corrected chi connectivity index (χ4v) is 2.36. The summed E-state index contributed by atoms with van der Waals surface area (Å²) in [4.78, 5) is 13.4. The lowest BCUT2D eigenvalue weighted by Gasteiger charge is -2.15. The van der Waals surface area contributed by atoms with Gasteiger partial charge in [-0.2, -0.15) is 0 Å². The van der Waals surface area contributed by atoms with Crippen molar-refractivity contribution < 1.29 is 4.79 Å². The number of hydrogen-bond acceptors (Lipinski definition) is 2. The molecule has 2 heteroatoms. The predicted octanol–water partition coefficient (Wildman–Crippen LogP) is 4.28. The van der Waals surface area contributed by atoms with E-state index in [9.17, 15) is 4.79 Å². The van der Waals surface area contributed by atoms with Crippen LogP contribution in [0.25, 0.3) is 6.08 Å². The molecule has 0 atom stereocenters. The van der Waals surface area contributed by atoms with Gasteiger partial charge in [-0.15, -0.1) is 11.3 Å². The molecule has 0 saturated carbocycles. The lowest BCUT2D eigenvalue weighted by atomic mass is 9.95. The molecule has 0 aliphatic carbocycles. The van der Waals surface area contributed by atoms with Gasteiger partial charge in [-0.1, -0.05) is 34.6 Å². The number of rotatable bonds is 3. The predicted molar refractivity (Wildman–Crippen MR) is 71.9 cm³/mol. The highest BCUT2D eigenvalue weighted by Gasteiger charge is 2.15. The lowest BCUT2D eigenvalue weighted by molar-refractivity contribution is -0.105. The molecule has 1 heterocycles. The Kier molecular flexibility index (Phi) is 4.09. The number of hydrogen-bond donors (Lipinski definition) is 0. The summed E-state index contributed by atoms with van der Waals surface area (Å²) in [5.74, 6) is 0.290. The van der Waals surface area contributed by atoms with Gasteiger partial charge in [0.2, 0.25) is 0 Å². The smallest absolute Gasteiger partial charge is 0.146 e. The Hall–Kier alpha value is -0.890. The SMILES string of the molecule is CC(C)/C(C=O)=C/c1ccc(C(C)(C)C)s1. The van der Waals surface area contributed by atoms with E-state index in [0.29, 0.717) is 0 Å². The maximum atomic E-state index is 10.9. The van der Waals surface area contributed by atoms with Crippen LogP contribution in [0.5, 0.6) is 0 Å². The van der Waals surface area contributed by atoms with Crippen molar-refractivity contribution in [2.45, 2.75) is 40.0 Å². The summed E-state index contributed by atoms with van der Waals surface area (Å²) in [7, 11) is 0. The van der Waals surface area contributed by atoms with Crippen molar-refractivity contribution in [3.05, 3.63) is 27.5 Å². The molecule has 1 aromatic heterocycles. The van der Waals surface area contributed by atoms with Crippen molar-refractivity contribution >= 4 is 23.7 Å². The first-order valence-corrected chi connectivity index (χ1v) is 6.43. The maximum absolute atomic E-state index is 10.9. The van der Waals surface area contributed by atoms with Gasteiger partial charge in [0, 0.05) is 9.75 Å². The maximum Gasteiger partial charge on any atom is 0.146 e. The number of allylic oxidation sites excluding steroid dienone is 1. The van der Waals surface area contributed by atoms with Crippen LogP contribution in [-0.4, -0.2) is 6.29 Å². The van der Waals surface area contributed by atoms with E-state index in [1.807, 2.05) is 19.9 Å². The second-order valence-corrected chi connectivity index (χ2v) is 6.48. The van der Waals surface area contributed by atoms with Gasteiger partial charge in [-0.05, 0) is 35.1 Å². The van der Waals surface area contributed by atoms with Crippen LogP contribution in [0, 0.1) is 5.92 Å². The first-order chi connectivity index (χ1) is 7.34. The highest BCUT2D eigenvalue weighted by atomic mass is 32.1. The standard InChI is InChI=1S/C14H20OS/c1-10(2)11(9-15)8-12-6-7-13(16-12)14(3,4)5/h6-10H,1-5H3/b11-8+. The molecule has 0 saturated heterocycles. The third kappa shape index (κ3) is 3.31. The van der Waals surface area contributed by atoms with Crippen LogP contribution < -0.4 is 0 Å². The zero-order valence-corrected chi connectivity index (χ0v) is 11.5. The molecule has 0 bridgehead atoms. The van der Waals surface area contributed by atoms with Crippen LogP contribution in [0.15, 0.2) is 17.7 Å². The van der Waals surface area contributed by atoms with Crippen molar-refractivity contribution in [1.82, 2.24) is 0 Å². The molecule has 0 aliphatic heterocycles. The van der Waals surface area contributed by atoms with Gasteiger partial charge in [0.25, 0.3) is 0 Å². The summed E-state index contributed by atoms with van der Waals surface area (Å²) in [6.45, 7) is 10.7. The highest BCUT2D eigenvalue weighted by Crippen LogP contribution is 2.30. The summed E-state index contributed by atoms with van der Waals surface area (Å²) in [6.07, 6.45) is 2.96. The fourth-order valence-electron chi connectivity index (χ4n) is 1.33. The quantitative estimate of drug-likeness (QED) is 0.565. The number of thiophene rings is 1. The van der Waals surface area contributed by atoms with Crippen LogP contribution in [0.3, 0.4) is 0 Å². The molecule has 0 amide bonds. The topological polar surface area (TPSA) is 17.1 Å². The average molecular weight is 236 g/mol. The van der Waals surface area contributed by atoms with Gasteiger partial charge < -0.3 is 0 Å². The molecule has 0 aliphatic rings. The highest BCUT2D eigenvalue weighted by molar-refractivity contribution is 7.13. The molecule has 0 aromatic carbocycles. The van der Waals surface area contributed by atoms with Crippen LogP contribution in [-0.2, 0) is 10.2 Å². The molecule has 0 N–H and O–H groups in total. The Balaban J connectivity index is 2.99. The molecule has 0 unspecified atom stereocenters. The van der Waals surface area contributed by atoms with E-state index in [-0.39, 0.29) is 11.3 Å². The number of carbonyl (C=O) groups excluding carboxylic acids is 1. The normalized spacial score (nSPS) is 13.2.